The quantitative estimate of drug-likeness (QED) is 0.902. The molecule has 1 N–H and O–H groups in total. The number of amides is 2. The third-order valence-electron chi connectivity index (χ3n) is 6.14. The molecule has 1 saturated heterocycles. The van der Waals surface area contributed by atoms with E-state index in [-0.39, 0.29) is 23.8 Å². The first-order valence-electron chi connectivity index (χ1n) is 10.0. The smallest absolute Gasteiger partial charge is 0.225 e. The highest BCUT2D eigenvalue weighted by Crippen LogP contribution is 2.30. The maximum absolute atomic E-state index is 12.5. The summed E-state index contributed by atoms with van der Waals surface area (Å²) in [5.41, 5.74) is 1.25. The molecule has 26 heavy (non-hydrogen) atoms. The van der Waals surface area contributed by atoms with E-state index in [1.54, 1.807) is 0 Å². The third-order valence-corrected chi connectivity index (χ3v) is 6.14. The molecule has 3 aliphatic rings. The number of carbonyl (C=O) groups excluding carboxylic acids is 2. The van der Waals surface area contributed by atoms with Crippen LogP contribution in [0.25, 0.3) is 0 Å². The summed E-state index contributed by atoms with van der Waals surface area (Å²) in [6, 6.07) is 8.12. The van der Waals surface area contributed by atoms with Crippen LogP contribution in [0, 0.1) is 11.8 Å². The molecule has 1 aromatic rings. The SMILES string of the molecule is O=C(NCC1CCc2ccccc2O1)C1CCN(C(=O)C2CCC2)CC1. The molecule has 1 saturated carbocycles. The summed E-state index contributed by atoms with van der Waals surface area (Å²) in [5, 5.41) is 3.07. The van der Waals surface area contributed by atoms with E-state index in [4.69, 9.17) is 4.74 Å². The second kappa shape index (κ2) is 7.68. The summed E-state index contributed by atoms with van der Waals surface area (Å²) in [6.45, 7) is 2.01. The topological polar surface area (TPSA) is 58.6 Å². The minimum Gasteiger partial charge on any atom is -0.488 e. The molecule has 5 heteroatoms. The van der Waals surface area contributed by atoms with Gasteiger partial charge in [-0.1, -0.05) is 24.6 Å². The Bertz CT molecular complexity index is 663. The Morgan fingerprint density at radius 1 is 1.04 bits per heavy atom. The van der Waals surface area contributed by atoms with E-state index in [0.29, 0.717) is 12.5 Å². The van der Waals surface area contributed by atoms with Gasteiger partial charge in [0.15, 0.2) is 0 Å². The zero-order valence-corrected chi connectivity index (χ0v) is 15.3. The van der Waals surface area contributed by atoms with Gasteiger partial charge in [-0.25, -0.2) is 0 Å². The number of benzene rings is 1. The molecule has 4 rings (SSSR count). The summed E-state index contributed by atoms with van der Waals surface area (Å²) in [7, 11) is 0. The number of piperidine rings is 1. The lowest BCUT2D eigenvalue weighted by atomic mass is 9.83. The van der Waals surface area contributed by atoms with Crippen molar-refractivity contribution in [2.75, 3.05) is 19.6 Å². The monoisotopic (exact) mass is 356 g/mol. The minimum absolute atomic E-state index is 0.0244. The average Bonchev–Trinajstić information content (AvgIpc) is 2.64. The van der Waals surface area contributed by atoms with Gasteiger partial charge in [-0.3, -0.25) is 9.59 Å². The van der Waals surface area contributed by atoms with Crippen molar-refractivity contribution in [3.63, 3.8) is 0 Å². The molecule has 0 aromatic heterocycles. The first-order chi connectivity index (χ1) is 12.7. The molecule has 2 aliphatic heterocycles. The molecule has 140 valence electrons. The van der Waals surface area contributed by atoms with E-state index in [2.05, 4.69) is 11.4 Å². The Balaban J connectivity index is 1.20. The number of para-hydroxylation sites is 1. The number of likely N-dealkylation sites (tertiary alicyclic amines) is 1. The van der Waals surface area contributed by atoms with E-state index in [1.807, 2.05) is 23.1 Å². The van der Waals surface area contributed by atoms with Crippen molar-refractivity contribution in [1.82, 2.24) is 10.2 Å². The Morgan fingerprint density at radius 2 is 1.81 bits per heavy atom. The Labute approximate surface area is 155 Å². The first-order valence-corrected chi connectivity index (χ1v) is 10.0. The Morgan fingerprint density at radius 3 is 2.54 bits per heavy atom. The van der Waals surface area contributed by atoms with Gasteiger partial charge in [-0.2, -0.15) is 0 Å². The number of nitrogens with one attached hydrogen (secondary N) is 1. The molecule has 0 radical (unpaired) electrons. The molecule has 0 spiro atoms. The molecule has 2 fully saturated rings. The third kappa shape index (κ3) is 3.71. The Hall–Kier alpha value is -2.04. The average molecular weight is 356 g/mol. The van der Waals surface area contributed by atoms with Crippen LogP contribution in [-0.4, -0.2) is 42.5 Å². The van der Waals surface area contributed by atoms with Crippen LogP contribution < -0.4 is 10.1 Å². The van der Waals surface area contributed by atoms with Crippen molar-refractivity contribution >= 4 is 11.8 Å². The van der Waals surface area contributed by atoms with Crippen LogP contribution >= 0.6 is 0 Å². The van der Waals surface area contributed by atoms with E-state index in [1.165, 1.54) is 12.0 Å². The van der Waals surface area contributed by atoms with Gasteiger partial charge >= 0.3 is 0 Å². The highest BCUT2D eigenvalue weighted by atomic mass is 16.5. The molecule has 1 unspecified atom stereocenters. The summed E-state index contributed by atoms with van der Waals surface area (Å²) in [5.74, 6) is 1.65. The van der Waals surface area contributed by atoms with Crippen LogP contribution in [-0.2, 0) is 16.0 Å². The maximum Gasteiger partial charge on any atom is 0.225 e. The van der Waals surface area contributed by atoms with Crippen LogP contribution in [0.15, 0.2) is 24.3 Å². The highest BCUT2D eigenvalue weighted by Gasteiger charge is 2.33. The van der Waals surface area contributed by atoms with Crippen LogP contribution in [0.5, 0.6) is 5.75 Å². The van der Waals surface area contributed by atoms with Crippen LogP contribution in [0.2, 0.25) is 0 Å². The number of carbonyl (C=O) groups is 2. The van der Waals surface area contributed by atoms with Gasteiger partial charge in [0.1, 0.15) is 11.9 Å². The predicted octanol–water partition coefficient (Wildman–Crippen LogP) is 2.54. The second-order valence-corrected chi connectivity index (χ2v) is 7.86. The molecular weight excluding hydrogens is 328 g/mol. The first kappa shape index (κ1) is 17.4. The summed E-state index contributed by atoms with van der Waals surface area (Å²) in [6.07, 6.45) is 6.81. The zero-order valence-electron chi connectivity index (χ0n) is 15.3. The fourth-order valence-electron chi connectivity index (χ4n) is 4.16. The van der Waals surface area contributed by atoms with Gasteiger partial charge in [0.05, 0.1) is 6.54 Å². The number of aryl methyl sites for hydroxylation is 1. The van der Waals surface area contributed by atoms with Crippen LogP contribution in [0.4, 0.5) is 0 Å². The number of nitrogens with zero attached hydrogens (tertiary/aromatic N) is 1. The van der Waals surface area contributed by atoms with E-state index in [0.717, 1.165) is 57.4 Å². The van der Waals surface area contributed by atoms with Crippen molar-refractivity contribution in [3.8, 4) is 5.75 Å². The van der Waals surface area contributed by atoms with Gasteiger partial charge in [0.25, 0.3) is 0 Å². The predicted molar refractivity (Wildman–Crippen MR) is 98.8 cm³/mol. The molecule has 0 bridgehead atoms. The molecule has 1 aliphatic carbocycles. The Kier molecular flexibility index (Phi) is 5.14. The largest absolute Gasteiger partial charge is 0.488 e. The van der Waals surface area contributed by atoms with Gasteiger partial charge < -0.3 is 15.0 Å². The van der Waals surface area contributed by atoms with E-state index >= 15 is 0 Å². The number of ether oxygens (including phenoxy) is 1. The second-order valence-electron chi connectivity index (χ2n) is 7.86. The van der Waals surface area contributed by atoms with E-state index < -0.39 is 0 Å². The van der Waals surface area contributed by atoms with Crippen molar-refractivity contribution in [1.29, 1.82) is 0 Å². The number of fused-ring (bicyclic) bond motifs is 1. The van der Waals surface area contributed by atoms with Gasteiger partial charge in [0, 0.05) is 24.9 Å². The summed E-state index contributed by atoms with van der Waals surface area (Å²) < 4.78 is 6.00. The van der Waals surface area contributed by atoms with Gasteiger partial charge in [0.2, 0.25) is 11.8 Å². The molecular formula is C21H28N2O3. The van der Waals surface area contributed by atoms with Gasteiger partial charge in [-0.05, 0) is 50.2 Å². The van der Waals surface area contributed by atoms with Crippen molar-refractivity contribution in [3.05, 3.63) is 29.8 Å². The number of hydrogen-bond acceptors (Lipinski definition) is 3. The minimum atomic E-state index is 0.0244. The lowest BCUT2D eigenvalue weighted by Crippen LogP contribution is -2.47. The lowest BCUT2D eigenvalue weighted by molar-refractivity contribution is -0.141. The van der Waals surface area contributed by atoms with Crippen molar-refractivity contribution in [2.45, 2.75) is 51.0 Å². The summed E-state index contributed by atoms with van der Waals surface area (Å²) >= 11 is 0. The molecule has 1 aromatic carbocycles. The van der Waals surface area contributed by atoms with Gasteiger partial charge in [-0.15, -0.1) is 0 Å². The lowest BCUT2D eigenvalue weighted by Gasteiger charge is -2.36. The van der Waals surface area contributed by atoms with Crippen LogP contribution in [0.1, 0.15) is 44.1 Å². The highest BCUT2D eigenvalue weighted by molar-refractivity contribution is 5.81. The molecule has 1 atom stereocenters. The number of hydrogen-bond donors (Lipinski definition) is 1. The molecule has 2 heterocycles. The van der Waals surface area contributed by atoms with Crippen LogP contribution in [0.3, 0.4) is 0 Å². The van der Waals surface area contributed by atoms with Crippen molar-refractivity contribution in [2.24, 2.45) is 11.8 Å². The maximum atomic E-state index is 12.5. The summed E-state index contributed by atoms with van der Waals surface area (Å²) in [4.78, 5) is 26.8. The normalized spacial score (nSPS) is 23.5. The number of rotatable bonds is 4. The molecule has 5 nitrogen and oxygen atoms in total. The van der Waals surface area contributed by atoms with E-state index in [9.17, 15) is 9.59 Å². The fourth-order valence-corrected chi connectivity index (χ4v) is 4.16. The fraction of sp³-hybridized carbons (Fsp3) is 0.619. The zero-order chi connectivity index (χ0) is 17.9. The van der Waals surface area contributed by atoms with Crippen molar-refractivity contribution < 1.29 is 14.3 Å². The standard InChI is InChI=1S/C21H28N2O3/c24-20(16-10-12-23(13-11-16)21(25)17-5-3-6-17)22-14-18-9-8-15-4-1-2-7-19(15)26-18/h1-2,4,7,16-18H,3,5-6,8-14H2,(H,22,24). The molecule has 2 amide bonds.